The van der Waals surface area contributed by atoms with Crippen molar-refractivity contribution in [2.24, 2.45) is 7.05 Å². The summed E-state index contributed by atoms with van der Waals surface area (Å²) >= 11 is 15.6. The highest BCUT2D eigenvalue weighted by Crippen LogP contribution is 2.30. The number of tetrazole rings is 1. The first-order valence-corrected chi connectivity index (χ1v) is 8.37. The summed E-state index contributed by atoms with van der Waals surface area (Å²) in [5.41, 5.74) is 0.951. The van der Waals surface area contributed by atoms with Crippen LogP contribution in [0.25, 0.3) is 5.69 Å². The predicted octanol–water partition coefficient (Wildman–Crippen LogP) is 3.61. The number of hydrogen-bond donors (Lipinski definition) is 0. The van der Waals surface area contributed by atoms with Gasteiger partial charge in [-0.25, -0.2) is 4.79 Å². The van der Waals surface area contributed by atoms with E-state index in [0.29, 0.717) is 21.5 Å². The molecule has 0 saturated carbocycles. The molecule has 0 amide bonds. The summed E-state index contributed by atoms with van der Waals surface area (Å²) in [6.45, 7) is 0.167. The maximum atomic E-state index is 12.1. The van der Waals surface area contributed by atoms with Crippen molar-refractivity contribution in [1.29, 1.82) is 0 Å². The molecule has 0 saturated heterocycles. The molecule has 2 aromatic carbocycles. The van der Waals surface area contributed by atoms with Crippen LogP contribution in [0.5, 0.6) is 5.75 Å². The molecule has 6 nitrogen and oxygen atoms in total. The van der Waals surface area contributed by atoms with Crippen LogP contribution in [0.3, 0.4) is 0 Å². The average Bonchev–Trinajstić information content (AvgIpc) is 2.88. The summed E-state index contributed by atoms with van der Waals surface area (Å²) in [5.74, 6) is 0.456. The van der Waals surface area contributed by atoms with Crippen molar-refractivity contribution in [2.45, 2.75) is 6.61 Å². The van der Waals surface area contributed by atoms with Crippen molar-refractivity contribution < 1.29 is 4.74 Å². The van der Waals surface area contributed by atoms with Crippen molar-refractivity contribution in [2.75, 3.05) is 0 Å². The second-order valence-corrected chi connectivity index (χ2v) is 6.60. The Bertz CT molecular complexity index is 955. The topological polar surface area (TPSA) is 61.9 Å². The fraction of sp³-hybridized carbons (Fsp3) is 0.133. The van der Waals surface area contributed by atoms with E-state index in [9.17, 15) is 4.79 Å². The van der Waals surface area contributed by atoms with E-state index >= 15 is 0 Å². The van der Waals surface area contributed by atoms with Gasteiger partial charge in [-0.1, -0.05) is 45.2 Å². The molecule has 0 aliphatic rings. The molecule has 0 bridgehead atoms. The third-order valence-electron chi connectivity index (χ3n) is 3.31. The van der Waals surface area contributed by atoms with Gasteiger partial charge in [-0.3, -0.25) is 0 Å². The number of aryl methyl sites for hydroxylation is 1. The van der Waals surface area contributed by atoms with Crippen LogP contribution in [0, 0.1) is 0 Å². The summed E-state index contributed by atoms with van der Waals surface area (Å²) in [4.78, 5) is 12.1. The van der Waals surface area contributed by atoms with Gasteiger partial charge in [-0.05, 0) is 34.7 Å². The summed E-state index contributed by atoms with van der Waals surface area (Å²) in [6, 6.07) is 10.4. The van der Waals surface area contributed by atoms with Crippen molar-refractivity contribution in [3.8, 4) is 11.4 Å². The summed E-state index contributed by atoms with van der Waals surface area (Å²) in [6.07, 6.45) is 0. The summed E-state index contributed by atoms with van der Waals surface area (Å²) in [7, 11) is 1.53. The van der Waals surface area contributed by atoms with Gasteiger partial charge in [0.25, 0.3) is 0 Å². The fourth-order valence-corrected chi connectivity index (χ4v) is 2.90. The number of ether oxygens (including phenoxy) is 1. The molecule has 9 heteroatoms. The van der Waals surface area contributed by atoms with Crippen LogP contribution < -0.4 is 10.4 Å². The number of benzene rings is 2. The molecule has 0 aliphatic heterocycles. The molecule has 0 fully saturated rings. The Labute approximate surface area is 155 Å². The molecule has 24 heavy (non-hydrogen) atoms. The van der Waals surface area contributed by atoms with E-state index in [1.165, 1.54) is 11.7 Å². The number of aromatic nitrogens is 4. The van der Waals surface area contributed by atoms with Crippen molar-refractivity contribution in [1.82, 2.24) is 19.8 Å². The summed E-state index contributed by atoms with van der Waals surface area (Å²) < 4.78 is 8.91. The van der Waals surface area contributed by atoms with E-state index in [1.807, 2.05) is 6.07 Å². The van der Waals surface area contributed by atoms with Gasteiger partial charge < -0.3 is 4.74 Å². The lowest BCUT2D eigenvalue weighted by Crippen LogP contribution is -2.23. The lowest BCUT2D eigenvalue weighted by molar-refractivity contribution is 0.305. The Morgan fingerprint density at radius 1 is 1.21 bits per heavy atom. The molecule has 0 radical (unpaired) electrons. The van der Waals surface area contributed by atoms with Crippen molar-refractivity contribution in [3.63, 3.8) is 0 Å². The van der Waals surface area contributed by atoms with Gasteiger partial charge in [0.05, 0.1) is 10.7 Å². The van der Waals surface area contributed by atoms with E-state index in [4.69, 9.17) is 27.9 Å². The van der Waals surface area contributed by atoms with E-state index in [2.05, 4.69) is 26.4 Å². The van der Waals surface area contributed by atoms with Crippen molar-refractivity contribution >= 4 is 39.1 Å². The second kappa shape index (κ2) is 6.96. The highest BCUT2D eigenvalue weighted by Gasteiger charge is 2.15. The SMILES string of the molecule is Cn1nnn(-c2cccc(Br)c2COc2cc(Cl)ccc2Cl)c1=O. The minimum Gasteiger partial charge on any atom is -0.487 e. The number of rotatable bonds is 4. The molecular weight excluding hydrogens is 419 g/mol. The number of halogens is 3. The molecule has 124 valence electrons. The first-order valence-electron chi connectivity index (χ1n) is 6.82. The molecule has 3 aromatic rings. The van der Waals surface area contributed by atoms with Crippen LogP contribution in [0.2, 0.25) is 10.0 Å². The molecule has 1 aromatic heterocycles. The Morgan fingerprint density at radius 3 is 2.71 bits per heavy atom. The van der Waals surface area contributed by atoms with Gasteiger partial charge in [0.15, 0.2) is 0 Å². The Balaban J connectivity index is 1.98. The lowest BCUT2D eigenvalue weighted by atomic mass is 10.2. The molecule has 0 unspecified atom stereocenters. The number of hydrogen-bond acceptors (Lipinski definition) is 4. The van der Waals surface area contributed by atoms with E-state index < -0.39 is 0 Å². The molecule has 0 N–H and O–H groups in total. The zero-order valence-corrected chi connectivity index (χ0v) is 15.5. The van der Waals surface area contributed by atoms with Gasteiger partial charge in [0.2, 0.25) is 0 Å². The monoisotopic (exact) mass is 428 g/mol. The maximum absolute atomic E-state index is 12.1. The highest BCUT2D eigenvalue weighted by molar-refractivity contribution is 9.10. The molecule has 1 heterocycles. The van der Waals surface area contributed by atoms with Crippen LogP contribution in [-0.4, -0.2) is 19.8 Å². The van der Waals surface area contributed by atoms with Crippen LogP contribution in [0.4, 0.5) is 0 Å². The first-order chi connectivity index (χ1) is 11.5. The summed E-state index contributed by atoms with van der Waals surface area (Å²) in [5, 5.41) is 8.57. The standard InChI is InChI=1S/C15H11BrCl2N4O2/c1-21-15(23)22(20-19-21)13-4-2-3-11(16)10(13)8-24-14-7-9(17)5-6-12(14)18/h2-7H,8H2,1H3. The molecule has 0 spiro atoms. The van der Waals surface area contributed by atoms with E-state index in [0.717, 1.165) is 14.7 Å². The van der Waals surface area contributed by atoms with Gasteiger partial charge in [-0.15, -0.1) is 0 Å². The van der Waals surface area contributed by atoms with E-state index in [-0.39, 0.29) is 12.3 Å². The van der Waals surface area contributed by atoms with Crippen LogP contribution in [-0.2, 0) is 13.7 Å². The van der Waals surface area contributed by atoms with Crippen LogP contribution in [0.1, 0.15) is 5.56 Å². The Morgan fingerprint density at radius 2 is 2.00 bits per heavy atom. The minimum absolute atomic E-state index is 0.167. The van der Waals surface area contributed by atoms with Gasteiger partial charge in [0, 0.05) is 28.2 Å². The third-order valence-corrected chi connectivity index (χ3v) is 4.60. The van der Waals surface area contributed by atoms with Crippen molar-refractivity contribution in [3.05, 3.63) is 67.0 Å². The predicted molar refractivity (Wildman–Crippen MR) is 95.1 cm³/mol. The molecule has 3 rings (SSSR count). The molecule has 0 atom stereocenters. The zero-order valence-electron chi connectivity index (χ0n) is 12.4. The molecule has 0 aliphatic carbocycles. The minimum atomic E-state index is -0.352. The van der Waals surface area contributed by atoms with Gasteiger partial charge >= 0.3 is 5.69 Å². The Kier molecular flexibility index (Phi) is 4.93. The van der Waals surface area contributed by atoms with Gasteiger partial charge in [-0.2, -0.15) is 9.36 Å². The smallest absolute Gasteiger partial charge is 0.368 e. The first kappa shape index (κ1) is 17.0. The Hall–Kier alpha value is -1.83. The van der Waals surface area contributed by atoms with Gasteiger partial charge in [0.1, 0.15) is 12.4 Å². The lowest BCUT2D eigenvalue weighted by Gasteiger charge is -2.13. The normalized spacial score (nSPS) is 10.8. The van der Waals surface area contributed by atoms with Crippen LogP contribution in [0.15, 0.2) is 45.7 Å². The average molecular weight is 430 g/mol. The number of nitrogens with zero attached hydrogens (tertiary/aromatic N) is 4. The fourth-order valence-electron chi connectivity index (χ4n) is 2.09. The third kappa shape index (κ3) is 3.33. The second-order valence-electron chi connectivity index (χ2n) is 4.90. The molecular formula is C15H11BrCl2N4O2. The highest BCUT2D eigenvalue weighted by atomic mass is 79.9. The quantitative estimate of drug-likeness (QED) is 0.635. The van der Waals surface area contributed by atoms with E-state index in [1.54, 1.807) is 30.3 Å². The van der Waals surface area contributed by atoms with Crippen LogP contribution >= 0.6 is 39.1 Å². The maximum Gasteiger partial charge on any atom is 0.368 e. The zero-order chi connectivity index (χ0) is 17.3. The largest absolute Gasteiger partial charge is 0.487 e.